The van der Waals surface area contributed by atoms with Crippen LogP contribution in [0.3, 0.4) is 0 Å². The van der Waals surface area contributed by atoms with Gasteiger partial charge in [0.25, 0.3) is 5.91 Å². The molecule has 2 N–H and O–H groups in total. The lowest BCUT2D eigenvalue weighted by atomic mass is 9.71. The van der Waals surface area contributed by atoms with Gasteiger partial charge in [-0.15, -0.1) is 21.5 Å². The molecule has 0 radical (unpaired) electrons. The summed E-state index contributed by atoms with van der Waals surface area (Å²) in [5.41, 5.74) is 6.03. The van der Waals surface area contributed by atoms with Gasteiger partial charge in [0.2, 0.25) is 0 Å². The van der Waals surface area contributed by atoms with Crippen molar-refractivity contribution in [3.8, 4) is 11.4 Å². The number of carbonyl (C=O) groups excluding carboxylic acids is 1. The van der Waals surface area contributed by atoms with Crippen molar-refractivity contribution in [1.29, 1.82) is 0 Å². The van der Waals surface area contributed by atoms with E-state index in [2.05, 4.69) is 20.2 Å². The molecule has 4 aromatic rings. The van der Waals surface area contributed by atoms with E-state index in [1.807, 2.05) is 0 Å². The molecule has 0 unspecified atom stereocenters. The van der Waals surface area contributed by atoms with Crippen molar-refractivity contribution in [3.63, 3.8) is 0 Å². The van der Waals surface area contributed by atoms with E-state index in [0.717, 1.165) is 0 Å². The molecule has 0 saturated heterocycles. The maximum Gasteiger partial charge on any atom is 0.266 e. The molecule has 1 saturated carbocycles. The summed E-state index contributed by atoms with van der Waals surface area (Å²) in [5, 5.41) is 10.1. The number of pyridine rings is 1. The summed E-state index contributed by atoms with van der Waals surface area (Å²) >= 11 is 1.30. The maximum absolute atomic E-state index is 14.5. The molecule has 8 nitrogen and oxygen atoms in total. The Hall–Kier alpha value is -3.47. The number of primary amides is 1. The van der Waals surface area contributed by atoms with Gasteiger partial charge in [0.15, 0.2) is 10.8 Å². The zero-order chi connectivity index (χ0) is 21.8. The first-order valence-corrected chi connectivity index (χ1v) is 10.4. The average molecular weight is 441 g/mol. The van der Waals surface area contributed by atoms with E-state index in [9.17, 15) is 13.6 Å². The third kappa shape index (κ3) is 3.03. The third-order valence-electron chi connectivity index (χ3n) is 5.68. The predicted octanol–water partition coefficient (Wildman–Crippen LogP) is 2.95. The minimum absolute atomic E-state index is 0.119. The lowest BCUT2D eigenvalue weighted by molar-refractivity contribution is 0.0865. The van der Waals surface area contributed by atoms with E-state index < -0.39 is 23.4 Å². The van der Waals surface area contributed by atoms with Crippen LogP contribution in [-0.4, -0.2) is 43.7 Å². The molecule has 158 valence electrons. The number of anilines is 1. The normalized spacial score (nSPS) is 20.5. The number of hydrogen-bond donors (Lipinski definition) is 1. The summed E-state index contributed by atoms with van der Waals surface area (Å²) in [5.74, 6) is -0.564. The molecule has 0 atom stereocenters. The van der Waals surface area contributed by atoms with Crippen LogP contribution >= 0.6 is 11.3 Å². The van der Waals surface area contributed by atoms with Crippen LogP contribution in [0.5, 0.6) is 0 Å². The molecule has 4 heterocycles. The van der Waals surface area contributed by atoms with Crippen LogP contribution in [0.25, 0.3) is 16.3 Å². The molecule has 1 aliphatic rings. The summed E-state index contributed by atoms with van der Waals surface area (Å²) in [6, 6.07) is 6.28. The number of nitrogens with two attached hydrogens (primary N) is 1. The van der Waals surface area contributed by atoms with Gasteiger partial charge < -0.3 is 10.6 Å². The van der Waals surface area contributed by atoms with E-state index in [0.29, 0.717) is 27.9 Å². The molecule has 1 aliphatic carbocycles. The van der Waals surface area contributed by atoms with Crippen LogP contribution in [-0.2, 0) is 5.54 Å². The van der Waals surface area contributed by atoms with E-state index in [1.54, 1.807) is 40.1 Å². The van der Waals surface area contributed by atoms with Gasteiger partial charge in [-0.1, -0.05) is 0 Å². The van der Waals surface area contributed by atoms with Crippen LogP contribution < -0.4 is 10.6 Å². The van der Waals surface area contributed by atoms with Crippen molar-refractivity contribution < 1.29 is 13.6 Å². The average Bonchev–Trinajstić information content (AvgIpc) is 3.32. The number of alkyl halides is 1. The quantitative estimate of drug-likeness (QED) is 0.511. The second-order valence-corrected chi connectivity index (χ2v) is 8.31. The molecule has 0 aromatic carbocycles. The summed E-state index contributed by atoms with van der Waals surface area (Å²) in [6.45, 7) is 0. The summed E-state index contributed by atoms with van der Waals surface area (Å²) in [7, 11) is 1.73. The van der Waals surface area contributed by atoms with Gasteiger partial charge in [-0.05, 0) is 24.3 Å². The molecule has 5 rings (SSSR count). The smallest absolute Gasteiger partial charge is 0.266 e. The molecule has 0 aliphatic heterocycles. The number of carbonyl (C=O) groups is 1. The fourth-order valence-corrected chi connectivity index (χ4v) is 4.83. The number of nitrogens with zero attached hydrogens (tertiary/aromatic N) is 6. The molecule has 4 aromatic heterocycles. The van der Waals surface area contributed by atoms with E-state index in [4.69, 9.17) is 5.73 Å². The Kier molecular flexibility index (Phi) is 4.43. The molecule has 0 spiro atoms. The highest BCUT2D eigenvalue weighted by atomic mass is 32.1. The lowest BCUT2D eigenvalue weighted by Gasteiger charge is -2.50. The Labute approximate surface area is 179 Å². The standard InChI is InChI=1S/C20H17F2N7OS/c1-28(20(7-11(21)8-20)17-12(22)3-2-6-24-17)16-5-4-13(26-27-16)14-9-29-15(18(23)30)10-31-19(29)25-14/h2-6,9-11H,7-8H2,1H3,(H2,23,30). The third-order valence-corrected chi connectivity index (χ3v) is 6.52. The van der Waals surface area contributed by atoms with Crippen LogP contribution in [0.2, 0.25) is 0 Å². The highest BCUT2D eigenvalue weighted by Gasteiger charge is 2.52. The molecular weight excluding hydrogens is 424 g/mol. The summed E-state index contributed by atoms with van der Waals surface area (Å²) < 4.78 is 30.0. The molecule has 31 heavy (non-hydrogen) atoms. The SMILES string of the molecule is CN(c1ccc(-c2cn3c(C(N)=O)csc3n2)nn1)C1(c2ncccc2F)CC(F)C1. The Bertz CT molecular complexity index is 1280. The van der Waals surface area contributed by atoms with Crippen LogP contribution in [0.4, 0.5) is 14.6 Å². The van der Waals surface area contributed by atoms with Crippen molar-refractivity contribution in [2.45, 2.75) is 24.6 Å². The second kappa shape index (κ2) is 7.05. The van der Waals surface area contributed by atoms with Gasteiger partial charge in [-0.3, -0.25) is 14.2 Å². The first kappa shape index (κ1) is 19.5. The maximum atomic E-state index is 14.5. The number of amides is 1. The zero-order valence-corrected chi connectivity index (χ0v) is 17.2. The summed E-state index contributed by atoms with van der Waals surface area (Å²) in [4.78, 5) is 22.5. The van der Waals surface area contributed by atoms with Gasteiger partial charge in [-0.25, -0.2) is 13.8 Å². The van der Waals surface area contributed by atoms with Gasteiger partial charge in [0.1, 0.15) is 34.8 Å². The highest BCUT2D eigenvalue weighted by molar-refractivity contribution is 7.15. The largest absolute Gasteiger partial charge is 0.364 e. The Morgan fingerprint density at radius 1 is 1.29 bits per heavy atom. The molecule has 11 heteroatoms. The van der Waals surface area contributed by atoms with Gasteiger partial charge in [0.05, 0.1) is 5.54 Å². The number of rotatable bonds is 5. The number of imidazole rings is 1. The number of hydrogen-bond acceptors (Lipinski definition) is 7. The van der Waals surface area contributed by atoms with Crippen molar-refractivity contribution in [1.82, 2.24) is 24.6 Å². The molecule has 1 amide bonds. The van der Waals surface area contributed by atoms with Crippen molar-refractivity contribution >= 4 is 28.0 Å². The van der Waals surface area contributed by atoms with E-state index in [-0.39, 0.29) is 18.5 Å². The number of fused-ring (bicyclic) bond motifs is 1. The van der Waals surface area contributed by atoms with Gasteiger partial charge in [0, 0.05) is 37.7 Å². The predicted molar refractivity (Wildman–Crippen MR) is 111 cm³/mol. The zero-order valence-electron chi connectivity index (χ0n) is 16.4. The fourth-order valence-electron chi connectivity index (χ4n) is 3.97. The first-order chi connectivity index (χ1) is 14.9. The number of thiazole rings is 1. The Morgan fingerprint density at radius 2 is 2.10 bits per heavy atom. The lowest BCUT2D eigenvalue weighted by Crippen LogP contribution is -2.56. The Balaban J connectivity index is 1.47. The first-order valence-electron chi connectivity index (χ1n) is 9.48. The molecular formula is C20H17F2N7OS. The minimum Gasteiger partial charge on any atom is -0.364 e. The van der Waals surface area contributed by atoms with Gasteiger partial charge >= 0.3 is 0 Å². The van der Waals surface area contributed by atoms with Crippen molar-refractivity contribution in [2.24, 2.45) is 5.73 Å². The molecule has 0 bridgehead atoms. The fraction of sp³-hybridized carbons (Fsp3) is 0.250. The number of aromatic nitrogens is 5. The second-order valence-electron chi connectivity index (χ2n) is 7.47. The monoisotopic (exact) mass is 441 g/mol. The Morgan fingerprint density at radius 3 is 2.74 bits per heavy atom. The van der Waals surface area contributed by atoms with Crippen LogP contribution in [0.1, 0.15) is 29.0 Å². The topological polar surface area (TPSA) is 102 Å². The van der Waals surface area contributed by atoms with Crippen molar-refractivity contribution in [3.05, 3.63) is 59.2 Å². The molecule has 1 fully saturated rings. The van der Waals surface area contributed by atoms with E-state index in [1.165, 1.54) is 29.7 Å². The number of halogens is 2. The van der Waals surface area contributed by atoms with E-state index >= 15 is 0 Å². The highest BCUT2D eigenvalue weighted by Crippen LogP contribution is 2.48. The van der Waals surface area contributed by atoms with Gasteiger partial charge in [-0.2, -0.15) is 0 Å². The summed E-state index contributed by atoms with van der Waals surface area (Å²) in [6.07, 6.45) is 2.37. The minimum atomic E-state index is -1.03. The van der Waals surface area contributed by atoms with Crippen molar-refractivity contribution in [2.75, 3.05) is 11.9 Å². The van der Waals surface area contributed by atoms with Crippen LogP contribution in [0.15, 0.2) is 42.0 Å². The van der Waals surface area contributed by atoms with Crippen LogP contribution in [0, 0.1) is 5.82 Å².